The van der Waals surface area contributed by atoms with E-state index in [1.165, 1.54) is 0 Å². The number of rotatable bonds is 6. The zero-order valence-corrected chi connectivity index (χ0v) is 9.11. The topological polar surface area (TPSA) is 94.9 Å². The number of hydrogen-bond donors (Lipinski definition) is 2. The van der Waals surface area contributed by atoms with Crippen LogP contribution in [0.25, 0.3) is 0 Å². The summed E-state index contributed by atoms with van der Waals surface area (Å²) in [5.74, 6) is -2.26. The third-order valence-corrected chi connectivity index (χ3v) is 4.27. The van der Waals surface area contributed by atoms with E-state index in [2.05, 4.69) is 0 Å². The standard InChI is InChI=1S/C8H15NO5S/c10-5-4-9(7-2-1-3-7)15(13,14)6-8(11)12/h7,10H,1-6H2,(H,11,12). The minimum atomic E-state index is -3.77. The SMILES string of the molecule is O=C(O)CS(=O)(=O)N(CCO)C1CCC1. The summed E-state index contributed by atoms with van der Waals surface area (Å²) in [6.45, 7) is -0.296. The van der Waals surface area contributed by atoms with Gasteiger partial charge in [-0.1, -0.05) is 6.42 Å². The van der Waals surface area contributed by atoms with Gasteiger partial charge in [0.25, 0.3) is 0 Å². The van der Waals surface area contributed by atoms with Gasteiger partial charge in [0.15, 0.2) is 5.75 Å². The first-order chi connectivity index (χ1) is 6.97. The fourth-order valence-electron chi connectivity index (χ4n) is 1.56. The fraction of sp³-hybridized carbons (Fsp3) is 0.875. The van der Waals surface area contributed by atoms with Gasteiger partial charge in [0.1, 0.15) is 0 Å². The smallest absolute Gasteiger partial charge is 0.320 e. The van der Waals surface area contributed by atoms with Crippen molar-refractivity contribution in [3.05, 3.63) is 0 Å². The van der Waals surface area contributed by atoms with Gasteiger partial charge in [0, 0.05) is 12.6 Å². The predicted molar refractivity (Wildman–Crippen MR) is 52.9 cm³/mol. The van der Waals surface area contributed by atoms with Crippen molar-refractivity contribution < 1.29 is 23.4 Å². The third-order valence-electron chi connectivity index (χ3n) is 2.47. The molecule has 1 saturated carbocycles. The summed E-state index contributed by atoms with van der Waals surface area (Å²) in [4.78, 5) is 10.4. The first-order valence-corrected chi connectivity index (χ1v) is 6.40. The quantitative estimate of drug-likeness (QED) is 0.633. The summed E-state index contributed by atoms with van der Waals surface area (Å²) in [6.07, 6.45) is 2.45. The van der Waals surface area contributed by atoms with E-state index in [1.54, 1.807) is 0 Å². The number of aliphatic hydroxyl groups is 1. The minimum absolute atomic E-state index is 0.0136. The molecule has 15 heavy (non-hydrogen) atoms. The summed E-state index contributed by atoms with van der Waals surface area (Å²) in [5.41, 5.74) is 0. The number of aliphatic carboxylic acids is 1. The van der Waals surface area contributed by atoms with Gasteiger partial charge in [-0.05, 0) is 12.8 Å². The van der Waals surface area contributed by atoms with Crippen molar-refractivity contribution in [3.63, 3.8) is 0 Å². The molecule has 0 saturated heterocycles. The first kappa shape index (κ1) is 12.4. The highest BCUT2D eigenvalue weighted by molar-refractivity contribution is 7.89. The number of carboxylic acids is 1. The molecule has 0 atom stereocenters. The summed E-state index contributed by atoms with van der Waals surface area (Å²) >= 11 is 0. The molecule has 0 aromatic rings. The maximum atomic E-state index is 11.6. The lowest BCUT2D eigenvalue weighted by Crippen LogP contribution is -2.47. The molecular formula is C8H15NO5S. The Bertz CT molecular complexity index is 322. The van der Waals surface area contributed by atoms with Crippen molar-refractivity contribution in [1.82, 2.24) is 4.31 Å². The zero-order valence-electron chi connectivity index (χ0n) is 8.29. The van der Waals surface area contributed by atoms with Crippen molar-refractivity contribution in [2.75, 3.05) is 18.9 Å². The van der Waals surface area contributed by atoms with Crippen LogP contribution in [-0.4, -0.2) is 53.9 Å². The molecular weight excluding hydrogens is 222 g/mol. The lowest BCUT2D eigenvalue weighted by atomic mass is 9.93. The average molecular weight is 237 g/mol. The van der Waals surface area contributed by atoms with Gasteiger partial charge in [0.2, 0.25) is 10.0 Å². The highest BCUT2D eigenvalue weighted by Crippen LogP contribution is 2.26. The van der Waals surface area contributed by atoms with Crippen LogP contribution in [-0.2, 0) is 14.8 Å². The molecule has 0 radical (unpaired) electrons. The van der Waals surface area contributed by atoms with Crippen LogP contribution in [0.15, 0.2) is 0 Å². The zero-order chi connectivity index (χ0) is 11.5. The van der Waals surface area contributed by atoms with Crippen LogP contribution < -0.4 is 0 Å². The van der Waals surface area contributed by atoms with Gasteiger partial charge in [0.05, 0.1) is 6.61 Å². The van der Waals surface area contributed by atoms with Crippen LogP contribution in [0.5, 0.6) is 0 Å². The molecule has 1 aliphatic carbocycles. The Kier molecular flexibility index (Phi) is 4.06. The Labute approximate surface area is 88.6 Å². The molecule has 0 amide bonds. The van der Waals surface area contributed by atoms with Gasteiger partial charge in [-0.2, -0.15) is 4.31 Å². The lowest BCUT2D eigenvalue weighted by Gasteiger charge is -2.35. The maximum Gasteiger partial charge on any atom is 0.320 e. The average Bonchev–Trinajstić information content (AvgIpc) is 1.97. The maximum absolute atomic E-state index is 11.6. The summed E-state index contributed by atoms with van der Waals surface area (Å²) in [7, 11) is -3.77. The van der Waals surface area contributed by atoms with Crippen molar-refractivity contribution in [3.8, 4) is 0 Å². The molecule has 0 bridgehead atoms. The largest absolute Gasteiger partial charge is 0.480 e. The Hall–Kier alpha value is -0.660. The van der Waals surface area contributed by atoms with Gasteiger partial charge in [-0.3, -0.25) is 4.79 Å². The first-order valence-electron chi connectivity index (χ1n) is 4.79. The summed E-state index contributed by atoms with van der Waals surface area (Å²) in [6, 6.07) is -0.124. The van der Waals surface area contributed by atoms with E-state index >= 15 is 0 Å². The molecule has 1 fully saturated rings. The van der Waals surface area contributed by atoms with Gasteiger partial charge in [-0.15, -0.1) is 0 Å². The lowest BCUT2D eigenvalue weighted by molar-refractivity contribution is -0.134. The molecule has 0 aliphatic heterocycles. The number of sulfonamides is 1. The van der Waals surface area contributed by atoms with E-state index < -0.39 is 21.7 Å². The number of hydrogen-bond acceptors (Lipinski definition) is 4. The van der Waals surface area contributed by atoms with Gasteiger partial charge in [-0.25, -0.2) is 8.42 Å². The number of aliphatic hydroxyl groups excluding tert-OH is 1. The molecule has 0 aromatic carbocycles. The molecule has 88 valence electrons. The Morgan fingerprint density at radius 2 is 2.00 bits per heavy atom. The number of carboxylic acid groups (broad SMARTS) is 1. The Morgan fingerprint density at radius 3 is 2.33 bits per heavy atom. The minimum Gasteiger partial charge on any atom is -0.480 e. The van der Waals surface area contributed by atoms with Crippen LogP contribution in [0.4, 0.5) is 0 Å². The van der Waals surface area contributed by atoms with Crippen LogP contribution in [0.3, 0.4) is 0 Å². The molecule has 1 rings (SSSR count). The van der Waals surface area contributed by atoms with Crippen molar-refractivity contribution >= 4 is 16.0 Å². The summed E-state index contributed by atoms with van der Waals surface area (Å²) in [5, 5.41) is 17.2. The molecule has 2 N–H and O–H groups in total. The number of carbonyl (C=O) groups is 1. The van der Waals surface area contributed by atoms with E-state index in [4.69, 9.17) is 10.2 Å². The Balaban J connectivity index is 2.72. The molecule has 0 unspecified atom stereocenters. The fourth-order valence-corrected chi connectivity index (χ4v) is 3.06. The second kappa shape index (κ2) is 4.91. The molecule has 0 aromatic heterocycles. The van der Waals surface area contributed by atoms with Crippen LogP contribution in [0.2, 0.25) is 0 Å². The van der Waals surface area contributed by atoms with Crippen LogP contribution in [0.1, 0.15) is 19.3 Å². The van der Waals surface area contributed by atoms with Crippen LogP contribution >= 0.6 is 0 Å². The Morgan fingerprint density at radius 1 is 1.40 bits per heavy atom. The molecule has 0 spiro atoms. The second-order valence-corrected chi connectivity index (χ2v) is 5.49. The van der Waals surface area contributed by atoms with Crippen molar-refractivity contribution in [2.24, 2.45) is 0 Å². The monoisotopic (exact) mass is 237 g/mol. The van der Waals surface area contributed by atoms with Crippen molar-refractivity contribution in [1.29, 1.82) is 0 Å². The predicted octanol–water partition coefficient (Wildman–Crippen LogP) is -0.752. The van der Waals surface area contributed by atoms with E-state index in [0.29, 0.717) is 0 Å². The van der Waals surface area contributed by atoms with E-state index in [9.17, 15) is 13.2 Å². The van der Waals surface area contributed by atoms with Gasteiger partial charge >= 0.3 is 5.97 Å². The van der Waals surface area contributed by atoms with E-state index in [1.807, 2.05) is 0 Å². The summed E-state index contributed by atoms with van der Waals surface area (Å²) < 4.78 is 24.3. The highest BCUT2D eigenvalue weighted by Gasteiger charge is 2.34. The van der Waals surface area contributed by atoms with E-state index in [-0.39, 0.29) is 19.2 Å². The molecule has 0 heterocycles. The third kappa shape index (κ3) is 3.15. The van der Waals surface area contributed by atoms with Crippen LogP contribution in [0, 0.1) is 0 Å². The van der Waals surface area contributed by atoms with Gasteiger partial charge < -0.3 is 10.2 Å². The molecule has 6 nitrogen and oxygen atoms in total. The second-order valence-electron chi connectivity index (χ2n) is 3.57. The number of nitrogens with zero attached hydrogens (tertiary/aromatic N) is 1. The molecule has 1 aliphatic rings. The highest BCUT2D eigenvalue weighted by atomic mass is 32.2. The molecule has 7 heteroatoms. The van der Waals surface area contributed by atoms with E-state index in [0.717, 1.165) is 23.6 Å². The van der Waals surface area contributed by atoms with Crippen molar-refractivity contribution in [2.45, 2.75) is 25.3 Å². The normalized spacial score (nSPS) is 17.7.